The van der Waals surface area contributed by atoms with E-state index in [1.54, 1.807) is 12.1 Å². The topological polar surface area (TPSA) is 208 Å². The summed E-state index contributed by atoms with van der Waals surface area (Å²) < 4.78 is 5.62. The van der Waals surface area contributed by atoms with Gasteiger partial charge in [0.1, 0.15) is 17.8 Å². The summed E-state index contributed by atoms with van der Waals surface area (Å²) >= 11 is 0. The molecule has 0 bridgehead atoms. The van der Waals surface area contributed by atoms with Crippen molar-refractivity contribution in [2.75, 3.05) is 13.2 Å². The molecule has 13 nitrogen and oxygen atoms in total. The predicted molar refractivity (Wildman–Crippen MR) is 166 cm³/mol. The number of carbonyl (C=O) groups is 6. The maximum absolute atomic E-state index is 12.3. The molecule has 0 saturated carbocycles. The monoisotopic (exact) mass is 635 g/mol. The van der Waals surface area contributed by atoms with E-state index in [-0.39, 0.29) is 43.6 Å². The molecule has 0 spiro atoms. The van der Waals surface area contributed by atoms with Gasteiger partial charge in [0, 0.05) is 25.8 Å². The van der Waals surface area contributed by atoms with Crippen molar-refractivity contribution in [1.82, 2.24) is 16.0 Å². The number of carboxylic acid groups (broad SMARTS) is 3. The number of amides is 3. The minimum Gasteiger partial charge on any atom is -0.494 e. The molecule has 2 atom stereocenters. The van der Waals surface area contributed by atoms with Gasteiger partial charge in [-0.25, -0.2) is 14.4 Å². The standard InChI is InChI=1S/C32H49N3O10/c1-2-3-21-33-27(36)19-17-25(31(41)42)35-29(38)20-18-26(32(43)44)34-28(37)12-10-8-6-4-5-7-9-11-22-45-24-15-13-23(14-16-24)30(39)40/h13-16,25-26H,2-12,17-22H2,1H3,(H,33,36)(H,34,37)(H,35,38)(H,39,40)(H,41,42)(H,43,44)/t25-,26-/m0/s1. The molecule has 0 aliphatic carbocycles. The van der Waals surface area contributed by atoms with E-state index in [1.165, 1.54) is 12.1 Å². The van der Waals surface area contributed by atoms with Gasteiger partial charge in [-0.1, -0.05) is 51.9 Å². The van der Waals surface area contributed by atoms with Gasteiger partial charge in [-0.15, -0.1) is 0 Å². The normalized spacial score (nSPS) is 12.0. The number of carbonyl (C=O) groups excluding carboxylic acids is 3. The molecular formula is C32H49N3O10. The first-order chi connectivity index (χ1) is 21.5. The Labute approximate surface area is 264 Å². The summed E-state index contributed by atoms with van der Waals surface area (Å²) in [4.78, 5) is 70.3. The molecule has 0 unspecified atom stereocenters. The molecule has 0 aromatic heterocycles. The average Bonchev–Trinajstić information content (AvgIpc) is 3.00. The van der Waals surface area contributed by atoms with E-state index in [2.05, 4.69) is 16.0 Å². The Kier molecular flexibility index (Phi) is 20.1. The molecule has 13 heteroatoms. The molecule has 1 rings (SSSR count). The van der Waals surface area contributed by atoms with Gasteiger partial charge in [0.15, 0.2) is 0 Å². The number of hydrogen-bond donors (Lipinski definition) is 6. The van der Waals surface area contributed by atoms with E-state index < -0.39 is 41.8 Å². The number of carboxylic acids is 3. The third-order valence-electron chi connectivity index (χ3n) is 7.11. The number of hydrogen-bond acceptors (Lipinski definition) is 7. The van der Waals surface area contributed by atoms with E-state index in [4.69, 9.17) is 9.84 Å². The van der Waals surface area contributed by atoms with Gasteiger partial charge in [-0.05, 0) is 56.4 Å². The number of benzene rings is 1. The SMILES string of the molecule is CCCCNC(=O)CC[C@H](NC(=O)CC[C@H](NC(=O)CCCCCCCCCCOc1ccc(C(=O)O)cc1)C(=O)O)C(=O)O. The highest BCUT2D eigenvalue weighted by atomic mass is 16.5. The van der Waals surface area contributed by atoms with Gasteiger partial charge in [0.05, 0.1) is 12.2 Å². The quantitative estimate of drug-likeness (QED) is 0.0809. The van der Waals surface area contributed by atoms with Gasteiger partial charge in [0.25, 0.3) is 0 Å². The smallest absolute Gasteiger partial charge is 0.335 e. The molecule has 3 amide bonds. The second-order valence-electron chi connectivity index (χ2n) is 11.0. The summed E-state index contributed by atoms with van der Waals surface area (Å²) in [5, 5.41) is 35.2. The second kappa shape index (κ2) is 23.3. The number of nitrogens with one attached hydrogen (secondary N) is 3. The maximum Gasteiger partial charge on any atom is 0.335 e. The molecule has 0 aliphatic rings. The van der Waals surface area contributed by atoms with Crippen molar-refractivity contribution < 1.29 is 48.8 Å². The number of aliphatic carboxylic acids is 2. The predicted octanol–water partition coefficient (Wildman–Crippen LogP) is 3.89. The molecule has 0 aliphatic heterocycles. The lowest BCUT2D eigenvalue weighted by Gasteiger charge is -2.17. The Balaban J connectivity index is 2.17. The van der Waals surface area contributed by atoms with Crippen LogP contribution in [-0.2, 0) is 24.0 Å². The van der Waals surface area contributed by atoms with Crippen LogP contribution in [0.4, 0.5) is 0 Å². The van der Waals surface area contributed by atoms with Gasteiger partial charge in [-0.2, -0.15) is 0 Å². The van der Waals surface area contributed by atoms with E-state index in [1.807, 2.05) is 6.92 Å². The van der Waals surface area contributed by atoms with Gasteiger partial charge in [0.2, 0.25) is 17.7 Å². The van der Waals surface area contributed by atoms with Crippen molar-refractivity contribution in [2.24, 2.45) is 0 Å². The molecular weight excluding hydrogens is 586 g/mol. The number of aromatic carboxylic acids is 1. The Hall–Kier alpha value is -4.16. The zero-order valence-corrected chi connectivity index (χ0v) is 26.2. The van der Waals surface area contributed by atoms with Crippen molar-refractivity contribution >= 4 is 35.6 Å². The Morgan fingerprint density at radius 2 is 1.13 bits per heavy atom. The van der Waals surface area contributed by atoms with Crippen LogP contribution in [-0.4, -0.2) is 76.2 Å². The molecule has 6 N–H and O–H groups in total. The minimum atomic E-state index is -1.29. The number of ether oxygens (including phenoxy) is 1. The van der Waals surface area contributed by atoms with Crippen LogP contribution < -0.4 is 20.7 Å². The average molecular weight is 636 g/mol. The van der Waals surface area contributed by atoms with Crippen LogP contribution in [0.15, 0.2) is 24.3 Å². The first-order valence-electron chi connectivity index (χ1n) is 15.8. The number of unbranched alkanes of at least 4 members (excludes halogenated alkanes) is 8. The maximum atomic E-state index is 12.3. The van der Waals surface area contributed by atoms with Crippen molar-refractivity contribution in [3.05, 3.63) is 29.8 Å². The van der Waals surface area contributed by atoms with Crippen LogP contribution in [0.25, 0.3) is 0 Å². The Bertz CT molecular complexity index is 1080. The zero-order chi connectivity index (χ0) is 33.5. The molecule has 1 aromatic rings. The molecule has 0 radical (unpaired) electrons. The summed E-state index contributed by atoms with van der Waals surface area (Å²) in [5.41, 5.74) is 0.219. The fourth-order valence-electron chi connectivity index (χ4n) is 4.42. The third-order valence-corrected chi connectivity index (χ3v) is 7.11. The van der Waals surface area contributed by atoms with E-state index >= 15 is 0 Å². The van der Waals surface area contributed by atoms with Crippen LogP contribution in [0, 0.1) is 0 Å². The Morgan fingerprint density at radius 1 is 0.644 bits per heavy atom. The summed E-state index contributed by atoms with van der Waals surface area (Å²) in [5.74, 6) is -4.30. The van der Waals surface area contributed by atoms with E-state index in [9.17, 15) is 39.0 Å². The summed E-state index contributed by atoms with van der Waals surface area (Å²) in [7, 11) is 0. The van der Waals surface area contributed by atoms with E-state index in [0.717, 1.165) is 57.8 Å². The largest absolute Gasteiger partial charge is 0.494 e. The lowest BCUT2D eigenvalue weighted by Crippen LogP contribution is -2.44. The third kappa shape index (κ3) is 19.0. The zero-order valence-electron chi connectivity index (χ0n) is 26.2. The van der Waals surface area contributed by atoms with Gasteiger partial charge < -0.3 is 36.0 Å². The minimum absolute atomic E-state index is 0.0696. The van der Waals surface area contributed by atoms with Crippen LogP contribution in [0.3, 0.4) is 0 Å². The van der Waals surface area contributed by atoms with Gasteiger partial charge >= 0.3 is 17.9 Å². The highest BCUT2D eigenvalue weighted by Crippen LogP contribution is 2.14. The van der Waals surface area contributed by atoms with Crippen molar-refractivity contribution in [2.45, 2.75) is 115 Å². The van der Waals surface area contributed by atoms with E-state index in [0.29, 0.717) is 25.3 Å². The highest BCUT2D eigenvalue weighted by Gasteiger charge is 2.24. The van der Waals surface area contributed by atoms with Crippen LogP contribution in [0.1, 0.15) is 114 Å². The van der Waals surface area contributed by atoms with Gasteiger partial charge in [-0.3, -0.25) is 14.4 Å². The fourth-order valence-corrected chi connectivity index (χ4v) is 4.42. The van der Waals surface area contributed by atoms with Crippen molar-refractivity contribution in [3.63, 3.8) is 0 Å². The Morgan fingerprint density at radius 3 is 1.64 bits per heavy atom. The van der Waals surface area contributed by atoms with Crippen LogP contribution >= 0.6 is 0 Å². The lowest BCUT2D eigenvalue weighted by atomic mass is 10.1. The van der Waals surface area contributed by atoms with Crippen molar-refractivity contribution in [1.29, 1.82) is 0 Å². The molecule has 1 aromatic carbocycles. The second-order valence-corrected chi connectivity index (χ2v) is 11.0. The van der Waals surface area contributed by atoms with Crippen LogP contribution in [0.2, 0.25) is 0 Å². The molecule has 0 heterocycles. The highest BCUT2D eigenvalue weighted by molar-refractivity contribution is 5.88. The fraction of sp³-hybridized carbons (Fsp3) is 0.625. The summed E-state index contributed by atoms with van der Waals surface area (Å²) in [6, 6.07) is 3.75. The molecule has 252 valence electrons. The summed E-state index contributed by atoms with van der Waals surface area (Å²) in [6.07, 6.45) is 8.65. The first-order valence-corrected chi connectivity index (χ1v) is 15.8. The van der Waals surface area contributed by atoms with Crippen molar-refractivity contribution in [3.8, 4) is 5.75 Å². The van der Waals surface area contributed by atoms with Crippen LogP contribution in [0.5, 0.6) is 5.75 Å². The first kappa shape index (κ1) is 38.9. The molecule has 45 heavy (non-hydrogen) atoms. The number of rotatable bonds is 26. The molecule has 0 saturated heterocycles. The summed E-state index contributed by atoms with van der Waals surface area (Å²) in [6.45, 7) is 3.04. The lowest BCUT2D eigenvalue weighted by molar-refractivity contribution is -0.143. The molecule has 0 fully saturated rings.